The topological polar surface area (TPSA) is 106 Å². The second kappa shape index (κ2) is 10.9. The zero-order valence-corrected chi connectivity index (χ0v) is 20.2. The van der Waals surface area contributed by atoms with E-state index in [4.69, 9.17) is 14.2 Å². The Kier molecular flexibility index (Phi) is 7.54. The number of nitrogens with one attached hydrogen (secondary N) is 2. The highest BCUT2D eigenvalue weighted by Gasteiger charge is 2.27. The van der Waals surface area contributed by atoms with E-state index in [0.717, 1.165) is 28.1 Å². The minimum atomic E-state index is -0.257. The number of rotatable bonds is 9. The fourth-order valence-electron chi connectivity index (χ4n) is 4.17. The summed E-state index contributed by atoms with van der Waals surface area (Å²) in [6, 6.07) is 13.2. The van der Waals surface area contributed by atoms with Crippen molar-refractivity contribution in [3.63, 3.8) is 0 Å². The standard InChI is InChI=1S/C26H30N4O5/c1-33-19-7-4-17(5-8-19)15-24(31)30-13-11-21-20(16-30)25(29-28-21)26(32)27-12-10-18-6-9-22(34-2)23(14-18)35-3/h4-9,14H,10-13,15-16H2,1-3H3,(H,27,32)(H,28,29). The Bertz CT molecular complexity index is 1190. The fourth-order valence-corrected chi connectivity index (χ4v) is 4.17. The maximum Gasteiger partial charge on any atom is 0.272 e. The third-order valence-corrected chi connectivity index (χ3v) is 6.16. The number of methoxy groups -OCH3 is 3. The van der Waals surface area contributed by atoms with Crippen molar-refractivity contribution in [1.82, 2.24) is 20.4 Å². The minimum absolute atomic E-state index is 0.0156. The largest absolute Gasteiger partial charge is 0.497 e. The van der Waals surface area contributed by atoms with Gasteiger partial charge in [-0.05, 0) is 41.8 Å². The van der Waals surface area contributed by atoms with E-state index in [-0.39, 0.29) is 11.8 Å². The van der Waals surface area contributed by atoms with Gasteiger partial charge in [0, 0.05) is 37.3 Å². The number of nitrogens with zero attached hydrogens (tertiary/aromatic N) is 2. The highest BCUT2D eigenvalue weighted by Crippen LogP contribution is 2.27. The van der Waals surface area contributed by atoms with Crippen LogP contribution < -0.4 is 19.5 Å². The Morgan fingerprint density at radius 2 is 1.74 bits per heavy atom. The average Bonchev–Trinajstić information content (AvgIpc) is 3.32. The van der Waals surface area contributed by atoms with Crippen molar-refractivity contribution >= 4 is 11.8 Å². The van der Waals surface area contributed by atoms with Gasteiger partial charge in [-0.3, -0.25) is 14.7 Å². The third kappa shape index (κ3) is 5.56. The number of fused-ring (bicyclic) bond motifs is 1. The number of hydrogen-bond acceptors (Lipinski definition) is 6. The summed E-state index contributed by atoms with van der Waals surface area (Å²) < 4.78 is 15.8. The van der Waals surface area contributed by atoms with Gasteiger partial charge in [-0.1, -0.05) is 18.2 Å². The molecule has 0 atom stereocenters. The van der Waals surface area contributed by atoms with Crippen LogP contribution in [0.2, 0.25) is 0 Å². The van der Waals surface area contributed by atoms with Crippen molar-refractivity contribution in [2.24, 2.45) is 0 Å². The van der Waals surface area contributed by atoms with Gasteiger partial charge >= 0.3 is 0 Å². The first-order valence-electron chi connectivity index (χ1n) is 11.5. The van der Waals surface area contributed by atoms with Crippen LogP contribution in [0.15, 0.2) is 42.5 Å². The van der Waals surface area contributed by atoms with Crippen LogP contribution in [0.25, 0.3) is 0 Å². The molecule has 184 valence electrons. The molecule has 4 rings (SSSR count). The highest BCUT2D eigenvalue weighted by atomic mass is 16.5. The van der Waals surface area contributed by atoms with Gasteiger partial charge in [0.05, 0.1) is 27.8 Å². The summed E-state index contributed by atoms with van der Waals surface area (Å²) in [5, 5.41) is 10.2. The smallest absolute Gasteiger partial charge is 0.272 e. The van der Waals surface area contributed by atoms with Crippen molar-refractivity contribution in [3.05, 3.63) is 70.5 Å². The molecule has 1 aromatic heterocycles. The molecule has 0 saturated carbocycles. The van der Waals surface area contributed by atoms with Gasteiger partial charge in [0.2, 0.25) is 5.91 Å². The molecule has 2 aromatic carbocycles. The number of ether oxygens (including phenoxy) is 3. The normalized spacial score (nSPS) is 12.6. The molecule has 0 radical (unpaired) electrons. The van der Waals surface area contributed by atoms with Gasteiger partial charge in [0.25, 0.3) is 5.91 Å². The summed E-state index contributed by atoms with van der Waals surface area (Å²) >= 11 is 0. The van der Waals surface area contributed by atoms with Gasteiger partial charge in [-0.15, -0.1) is 0 Å². The summed E-state index contributed by atoms with van der Waals surface area (Å²) in [6.45, 7) is 1.39. The zero-order valence-electron chi connectivity index (χ0n) is 20.2. The number of aromatic nitrogens is 2. The summed E-state index contributed by atoms with van der Waals surface area (Å²) in [6.07, 6.45) is 1.56. The Hall–Kier alpha value is -4.01. The molecule has 1 aliphatic rings. The van der Waals surface area contributed by atoms with E-state index in [1.807, 2.05) is 42.5 Å². The SMILES string of the molecule is COc1ccc(CC(=O)N2CCc3[nH]nc(C(=O)NCCc4ccc(OC)c(OC)c4)c3C2)cc1. The van der Waals surface area contributed by atoms with Gasteiger partial charge in [-0.2, -0.15) is 5.10 Å². The monoisotopic (exact) mass is 478 g/mol. The number of benzene rings is 2. The maximum atomic E-state index is 12.9. The number of carbonyl (C=O) groups is 2. The molecule has 3 aromatic rings. The molecule has 9 nitrogen and oxygen atoms in total. The average molecular weight is 479 g/mol. The van der Waals surface area contributed by atoms with Gasteiger partial charge in [0.15, 0.2) is 17.2 Å². The molecule has 0 spiro atoms. The number of H-pyrrole nitrogens is 1. The Morgan fingerprint density at radius 3 is 2.46 bits per heavy atom. The van der Waals surface area contributed by atoms with E-state index in [0.29, 0.717) is 56.1 Å². The lowest BCUT2D eigenvalue weighted by Gasteiger charge is -2.27. The summed E-state index contributed by atoms with van der Waals surface area (Å²) in [5.41, 5.74) is 3.96. The van der Waals surface area contributed by atoms with Gasteiger partial charge < -0.3 is 24.4 Å². The lowest BCUT2D eigenvalue weighted by atomic mass is 10.0. The molecule has 0 fully saturated rings. The summed E-state index contributed by atoms with van der Waals surface area (Å²) in [7, 11) is 4.80. The molecule has 0 unspecified atom stereocenters. The first kappa shape index (κ1) is 24.1. The quantitative estimate of drug-likeness (QED) is 0.490. The number of hydrogen-bond donors (Lipinski definition) is 2. The molecule has 0 aliphatic carbocycles. The van der Waals surface area contributed by atoms with E-state index < -0.39 is 0 Å². The van der Waals surface area contributed by atoms with Gasteiger partial charge in [0.1, 0.15) is 5.75 Å². The third-order valence-electron chi connectivity index (χ3n) is 6.16. The molecule has 2 N–H and O–H groups in total. The Morgan fingerprint density at radius 1 is 1.00 bits per heavy atom. The first-order chi connectivity index (χ1) is 17.0. The van der Waals surface area contributed by atoms with Crippen LogP contribution in [-0.2, 0) is 30.6 Å². The van der Waals surface area contributed by atoms with Crippen molar-refractivity contribution in [3.8, 4) is 17.2 Å². The molecule has 1 aliphatic heterocycles. The minimum Gasteiger partial charge on any atom is -0.497 e. The number of amides is 2. The fraction of sp³-hybridized carbons (Fsp3) is 0.346. The first-order valence-corrected chi connectivity index (χ1v) is 11.5. The zero-order chi connectivity index (χ0) is 24.8. The summed E-state index contributed by atoms with van der Waals surface area (Å²) in [5.74, 6) is 1.82. The van der Waals surface area contributed by atoms with Crippen molar-refractivity contribution in [2.75, 3.05) is 34.4 Å². The van der Waals surface area contributed by atoms with E-state index in [2.05, 4.69) is 15.5 Å². The van der Waals surface area contributed by atoms with E-state index in [1.54, 1.807) is 26.2 Å². The predicted octanol–water partition coefficient (Wildman–Crippen LogP) is 2.54. The van der Waals surface area contributed by atoms with Crippen molar-refractivity contribution in [2.45, 2.75) is 25.8 Å². The van der Waals surface area contributed by atoms with E-state index >= 15 is 0 Å². The van der Waals surface area contributed by atoms with Crippen LogP contribution >= 0.6 is 0 Å². The van der Waals surface area contributed by atoms with Crippen LogP contribution in [0.1, 0.15) is 32.9 Å². The second-order valence-electron chi connectivity index (χ2n) is 8.31. The molecule has 2 heterocycles. The second-order valence-corrected chi connectivity index (χ2v) is 8.31. The number of aromatic amines is 1. The number of carbonyl (C=O) groups excluding carboxylic acids is 2. The van der Waals surface area contributed by atoms with Crippen LogP contribution in [0.5, 0.6) is 17.2 Å². The van der Waals surface area contributed by atoms with Crippen LogP contribution in [0, 0.1) is 0 Å². The van der Waals surface area contributed by atoms with E-state index in [9.17, 15) is 9.59 Å². The molecular formula is C26H30N4O5. The molecule has 0 bridgehead atoms. The molecular weight excluding hydrogens is 448 g/mol. The lowest BCUT2D eigenvalue weighted by Crippen LogP contribution is -2.37. The van der Waals surface area contributed by atoms with Crippen molar-refractivity contribution in [1.29, 1.82) is 0 Å². The molecule has 0 saturated heterocycles. The van der Waals surface area contributed by atoms with Crippen LogP contribution in [-0.4, -0.2) is 61.3 Å². The van der Waals surface area contributed by atoms with Crippen molar-refractivity contribution < 1.29 is 23.8 Å². The highest BCUT2D eigenvalue weighted by molar-refractivity contribution is 5.94. The molecule has 9 heteroatoms. The molecule has 35 heavy (non-hydrogen) atoms. The van der Waals surface area contributed by atoms with Gasteiger partial charge in [-0.25, -0.2) is 0 Å². The van der Waals surface area contributed by atoms with E-state index in [1.165, 1.54) is 0 Å². The molecule has 2 amide bonds. The lowest BCUT2D eigenvalue weighted by molar-refractivity contribution is -0.131. The maximum absolute atomic E-state index is 12.9. The Balaban J connectivity index is 1.35. The Labute approximate surface area is 204 Å². The predicted molar refractivity (Wildman–Crippen MR) is 130 cm³/mol. The summed E-state index contributed by atoms with van der Waals surface area (Å²) in [4.78, 5) is 27.6. The van der Waals surface area contributed by atoms with Crippen LogP contribution in [0.4, 0.5) is 0 Å². The van der Waals surface area contributed by atoms with Crippen LogP contribution in [0.3, 0.4) is 0 Å².